The van der Waals surface area contributed by atoms with Crippen LogP contribution in [0.25, 0.3) is 0 Å². The van der Waals surface area contributed by atoms with Gasteiger partial charge in [-0.1, -0.05) is 53.6 Å². The fraction of sp³-hybridized carbons (Fsp3) is 0.276. The zero-order valence-corrected chi connectivity index (χ0v) is 20.5. The minimum absolute atomic E-state index is 0.280. The van der Waals surface area contributed by atoms with Gasteiger partial charge in [0.2, 0.25) is 0 Å². The van der Waals surface area contributed by atoms with Crippen molar-refractivity contribution in [3.63, 3.8) is 0 Å². The van der Waals surface area contributed by atoms with Crippen LogP contribution in [0.5, 0.6) is 11.5 Å². The monoisotopic (exact) mass is 472 g/mol. The number of aryl methyl sites for hydroxylation is 1. The number of nitrogens with zero attached hydrogens (tertiary/aromatic N) is 1. The summed E-state index contributed by atoms with van der Waals surface area (Å²) in [4.78, 5) is 4.65. The summed E-state index contributed by atoms with van der Waals surface area (Å²) in [5.41, 5.74) is 7.00. The van der Waals surface area contributed by atoms with Gasteiger partial charge < -0.3 is 14.8 Å². The number of aliphatic imine (C=N–C) groups is 1. The molecule has 0 fully saturated rings. The van der Waals surface area contributed by atoms with Gasteiger partial charge in [-0.25, -0.2) is 0 Å². The molecule has 0 saturated carbocycles. The first kappa shape index (κ1) is 22.5. The van der Waals surface area contributed by atoms with E-state index in [1.165, 1.54) is 22.4 Å². The Balaban J connectivity index is 1.36. The van der Waals surface area contributed by atoms with Crippen molar-refractivity contribution in [2.45, 2.75) is 32.2 Å². The lowest BCUT2D eigenvalue weighted by atomic mass is 9.76. The fourth-order valence-corrected chi connectivity index (χ4v) is 5.33. The molecule has 34 heavy (non-hydrogen) atoms. The van der Waals surface area contributed by atoms with E-state index in [1.807, 2.05) is 19.1 Å². The van der Waals surface area contributed by atoms with Crippen molar-refractivity contribution in [3.8, 4) is 11.5 Å². The molecule has 0 amide bonds. The molecular weight excluding hydrogens is 444 g/mol. The van der Waals surface area contributed by atoms with Crippen molar-refractivity contribution in [2.24, 2.45) is 10.9 Å². The van der Waals surface area contributed by atoms with Crippen LogP contribution in [0.4, 0.5) is 11.4 Å². The molecule has 0 radical (unpaired) electrons. The van der Waals surface area contributed by atoms with E-state index in [2.05, 4.69) is 71.8 Å². The fourth-order valence-electron chi connectivity index (χ4n) is 5.06. The first-order valence-corrected chi connectivity index (χ1v) is 12.1. The van der Waals surface area contributed by atoms with Crippen molar-refractivity contribution in [2.75, 3.05) is 19.0 Å². The van der Waals surface area contributed by atoms with Crippen molar-refractivity contribution in [1.82, 2.24) is 0 Å². The second-order valence-corrected chi connectivity index (χ2v) is 9.29. The largest absolute Gasteiger partial charge is 0.493 e. The van der Waals surface area contributed by atoms with Crippen molar-refractivity contribution in [1.29, 1.82) is 0 Å². The second kappa shape index (κ2) is 9.55. The first-order valence-electron chi connectivity index (χ1n) is 11.8. The topological polar surface area (TPSA) is 42.8 Å². The smallest absolute Gasteiger partial charge is 0.179 e. The number of hydrogen-bond donors (Lipinski definition) is 1. The van der Waals surface area contributed by atoms with Crippen LogP contribution in [-0.4, -0.2) is 19.9 Å². The van der Waals surface area contributed by atoms with Gasteiger partial charge >= 0.3 is 0 Å². The van der Waals surface area contributed by atoms with Crippen LogP contribution in [-0.2, 0) is 0 Å². The standard InChI is InChI=1S/C29H29ClN2O2/c1-4-34-29-25(30)15-19(16-27(29)33-3)17-31-21-11-9-20(10-12-21)28-23-7-5-6-22(23)24-14-18(2)8-13-26(24)32-28/h5-6,8-17,22-23,28,32H,4,7H2,1-3H3/t22-,23+,28+/m1/s1. The van der Waals surface area contributed by atoms with Gasteiger partial charge in [-0.15, -0.1) is 0 Å². The van der Waals surface area contributed by atoms with E-state index < -0.39 is 0 Å². The molecule has 0 bridgehead atoms. The summed E-state index contributed by atoms with van der Waals surface area (Å²) in [5.74, 6) is 2.16. The van der Waals surface area contributed by atoms with Crippen LogP contribution in [0.2, 0.25) is 5.02 Å². The Bertz CT molecular complexity index is 1250. The predicted molar refractivity (Wildman–Crippen MR) is 140 cm³/mol. The molecule has 0 saturated heterocycles. The Morgan fingerprint density at radius 3 is 2.71 bits per heavy atom. The minimum atomic E-state index is 0.280. The van der Waals surface area contributed by atoms with Gasteiger partial charge in [0.25, 0.3) is 0 Å². The zero-order chi connectivity index (χ0) is 23.7. The average Bonchev–Trinajstić information content (AvgIpc) is 3.34. The highest BCUT2D eigenvalue weighted by Crippen LogP contribution is 2.50. The zero-order valence-electron chi connectivity index (χ0n) is 19.7. The Labute approximate surface area is 206 Å². The Hall–Kier alpha value is -3.24. The number of anilines is 1. The number of hydrogen-bond acceptors (Lipinski definition) is 4. The van der Waals surface area contributed by atoms with Gasteiger partial charge in [0.05, 0.1) is 30.5 Å². The maximum absolute atomic E-state index is 6.39. The number of rotatable bonds is 6. The van der Waals surface area contributed by atoms with E-state index >= 15 is 0 Å². The van der Waals surface area contributed by atoms with Crippen molar-refractivity contribution in [3.05, 3.63) is 94.0 Å². The molecule has 2 aliphatic rings. The van der Waals surface area contributed by atoms with Crippen molar-refractivity contribution >= 4 is 29.2 Å². The molecular formula is C29H29ClN2O2. The third-order valence-electron chi connectivity index (χ3n) is 6.67. The van der Waals surface area contributed by atoms with Crippen LogP contribution >= 0.6 is 11.6 Å². The number of methoxy groups -OCH3 is 1. The molecule has 0 spiro atoms. The van der Waals surface area contributed by atoms with Gasteiger partial charge in [-0.05, 0) is 73.2 Å². The van der Waals surface area contributed by atoms with Crippen LogP contribution in [0.3, 0.4) is 0 Å². The van der Waals surface area contributed by atoms with Crippen LogP contribution in [0, 0.1) is 12.8 Å². The number of benzene rings is 3. The normalized spacial score (nSPS) is 20.6. The molecule has 1 heterocycles. The molecule has 5 rings (SSSR count). The molecule has 1 N–H and O–H groups in total. The average molecular weight is 473 g/mol. The SMILES string of the molecule is CCOc1c(Cl)cc(C=Nc2ccc([C@@H]3Nc4ccc(C)cc4[C@@H]4C=CC[C@@H]43)cc2)cc1OC. The van der Waals surface area contributed by atoms with Crippen LogP contribution in [0.1, 0.15) is 47.6 Å². The lowest BCUT2D eigenvalue weighted by Crippen LogP contribution is -2.29. The van der Waals surface area contributed by atoms with Crippen LogP contribution in [0.15, 0.2) is 71.7 Å². The summed E-state index contributed by atoms with van der Waals surface area (Å²) in [6, 6.07) is 19.2. The van der Waals surface area contributed by atoms with Gasteiger partial charge in [0.15, 0.2) is 11.5 Å². The highest BCUT2D eigenvalue weighted by molar-refractivity contribution is 6.32. The molecule has 3 aromatic rings. The third-order valence-corrected chi connectivity index (χ3v) is 6.95. The molecule has 0 unspecified atom stereocenters. The van der Waals surface area contributed by atoms with Gasteiger partial charge in [0.1, 0.15) is 0 Å². The molecule has 3 aromatic carbocycles. The molecule has 1 aliphatic carbocycles. The van der Waals surface area contributed by atoms with Crippen LogP contribution < -0.4 is 14.8 Å². The van der Waals surface area contributed by atoms with E-state index in [4.69, 9.17) is 21.1 Å². The van der Waals surface area contributed by atoms with E-state index in [9.17, 15) is 0 Å². The van der Waals surface area contributed by atoms with E-state index in [0.717, 1.165) is 17.7 Å². The number of halogens is 1. The summed E-state index contributed by atoms with van der Waals surface area (Å²) in [6.07, 6.45) is 7.60. The molecule has 174 valence electrons. The second-order valence-electron chi connectivity index (χ2n) is 8.88. The number of nitrogens with one attached hydrogen (secondary N) is 1. The number of allylic oxidation sites excluding steroid dienone is 2. The molecule has 3 atom stereocenters. The van der Waals surface area contributed by atoms with E-state index in [1.54, 1.807) is 13.3 Å². The highest BCUT2D eigenvalue weighted by atomic mass is 35.5. The Morgan fingerprint density at radius 2 is 1.94 bits per heavy atom. The van der Waals surface area contributed by atoms with E-state index in [-0.39, 0.29) is 6.04 Å². The molecule has 0 aromatic heterocycles. The van der Waals surface area contributed by atoms with Gasteiger partial charge in [-0.2, -0.15) is 0 Å². The summed E-state index contributed by atoms with van der Waals surface area (Å²) >= 11 is 6.39. The lowest BCUT2D eigenvalue weighted by Gasteiger charge is -2.37. The maximum Gasteiger partial charge on any atom is 0.179 e. The quantitative estimate of drug-likeness (QED) is 0.296. The third kappa shape index (κ3) is 4.30. The summed E-state index contributed by atoms with van der Waals surface area (Å²) in [5, 5.41) is 4.32. The van der Waals surface area contributed by atoms with Crippen molar-refractivity contribution < 1.29 is 9.47 Å². The number of ether oxygens (including phenoxy) is 2. The van der Waals surface area contributed by atoms with Gasteiger partial charge in [0, 0.05) is 17.8 Å². The minimum Gasteiger partial charge on any atom is -0.493 e. The maximum atomic E-state index is 6.39. The summed E-state index contributed by atoms with van der Waals surface area (Å²) < 4.78 is 11.0. The summed E-state index contributed by atoms with van der Waals surface area (Å²) in [6.45, 7) is 4.60. The number of fused-ring (bicyclic) bond motifs is 3. The predicted octanol–water partition coefficient (Wildman–Crippen LogP) is 7.63. The highest BCUT2D eigenvalue weighted by Gasteiger charge is 2.37. The first-order chi connectivity index (χ1) is 16.6. The Morgan fingerprint density at radius 1 is 1.12 bits per heavy atom. The molecule has 1 aliphatic heterocycles. The molecule has 5 heteroatoms. The molecule has 4 nitrogen and oxygen atoms in total. The Kier molecular flexibility index (Phi) is 6.34. The van der Waals surface area contributed by atoms with Gasteiger partial charge in [-0.3, -0.25) is 4.99 Å². The summed E-state index contributed by atoms with van der Waals surface area (Å²) in [7, 11) is 1.61. The van der Waals surface area contributed by atoms with E-state index in [0.29, 0.717) is 35.0 Å². The lowest BCUT2D eigenvalue weighted by molar-refractivity contribution is 0.311.